The Morgan fingerprint density at radius 2 is 2.20 bits per heavy atom. The van der Waals surface area contributed by atoms with E-state index in [-0.39, 0.29) is 24.0 Å². The van der Waals surface area contributed by atoms with E-state index < -0.39 is 0 Å². The summed E-state index contributed by atoms with van der Waals surface area (Å²) in [5.74, 6) is 1.68. The van der Waals surface area contributed by atoms with Gasteiger partial charge in [0.05, 0.1) is 23.5 Å². The Labute approximate surface area is 170 Å². The van der Waals surface area contributed by atoms with Crippen LogP contribution in [0.2, 0.25) is 0 Å². The number of aryl methyl sites for hydroxylation is 2. The maximum atomic E-state index is 5.57. The van der Waals surface area contributed by atoms with Crippen molar-refractivity contribution in [2.45, 2.75) is 40.3 Å². The average molecular weight is 478 g/mol. The van der Waals surface area contributed by atoms with Gasteiger partial charge in [-0.25, -0.2) is 9.98 Å². The second kappa shape index (κ2) is 12.3. The molecule has 2 N–H and O–H groups in total. The maximum Gasteiger partial charge on any atom is 0.191 e. The molecule has 0 atom stereocenters. The third kappa shape index (κ3) is 8.19. The molecule has 6 nitrogen and oxygen atoms in total. The highest BCUT2D eigenvalue weighted by Gasteiger charge is 2.04. The number of aliphatic imine (C=N–C) groups is 1. The predicted molar refractivity (Wildman–Crippen MR) is 113 cm³/mol. The third-order valence-electron chi connectivity index (χ3n) is 3.31. The summed E-state index contributed by atoms with van der Waals surface area (Å²) in [5, 5.41) is 7.68. The Hall–Kier alpha value is -1.13. The zero-order chi connectivity index (χ0) is 17.2. The Kier molecular flexibility index (Phi) is 10.7. The molecule has 2 aromatic heterocycles. The number of guanidine groups is 1. The van der Waals surface area contributed by atoms with E-state index in [1.807, 2.05) is 26.0 Å². The van der Waals surface area contributed by atoms with E-state index >= 15 is 0 Å². The van der Waals surface area contributed by atoms with Crippen molar-refractivity contribution in [1.29, 1.82) is 0 Å². The fourth-order valence-corrected chi connectivity index (χ4v) is 3.02. The molecule has 0 saturated carbocycles. The summed E-state index contributed by atoms with van der Waals surface area (Å²) < 4.78 is 10.8. The Balaban J connectivity index is 0.00000312. The van der Waals surface area contributed by atoms with Gasteiger partial charge in [0.2, 0.25) is 0 Å². The number of ether oxygens (including phenoxy) is 1. The van der Waals surface area contributed by atoms with Gasteiger partial charge in [-0.05, 0) is 39.3 Å². The number of thiazole rings is 1. The molecule has 0 aliphatic carbocycles. The lowest BCUT2D eigenvalue weighted by Crippen LogP contribution is -2.38. The van der Waals surface area contributed by atoms with Crippen LogP contribution in [0.25, 0.3) is 0 Å². The summed E-state index contributed by atoms with van der Waals surface area (Å²) in [7, 11) is 0. The molecule has 0 aromatic carbocycles. The van der Waals surface area contributed by atoms with Gasteiger partial charge < -0.3 is 19.8 Å². The van der Waals surface area contributed by atoms with Gasteiger partial charge in [0.25, 0.3) is 0 Å². The number of hydrogen-bond donors (Lipinski definition) is 2. The summed E-state index contributed by atoms with van der Waals surface area (Å²) in [4.78, 5) is 10.3. The molecule has 2 aromatic rings. The molecule has 8 heteroatoms. The van der Waals surface area contributed by atoms with Gasteiger partial charge in [-0.3, -0.25) is 0 Å². The molecule has 140 valence electrons. The van der Waals surface area contributed by atoms with E-state index in [1.54, 1.807) is 17.6 Å². The van der Waals surface area contributed by atoms with Crippen molar-refractivity contribution >= 4 is 41.3 Å². The fourth-order valence-electron chi connectivity index (χ4n) is 2.16. The first-order valence-electron chi connectivity index (χ1n) is 8.24. The molecule has 0 aliphatic heterocycles. The Morgan fingerprint density at radius 1 is 1.36 bits per heavy atom. The highest BCUT2D eigenvalue weighted by Crippen LogP contribution is 2.17. The summed E-state index contributed by atoms with van der Waals surface area (Å²) in [6, 6.07) is 3.78. The van der Waals surface area contributed by atoms with E-state index in [4.69, 9.17) is 9.15 Å². The molecule has 0 bridgehead atoms. The van der Waals surface area contributed by atoms with Crippen LogP contribution in [-0.4, -0.2) is 30.6 Å². The lowest BCUT2D eigenvalue weighted by molar-refractivity contribution is 0.105. The van der Waals surface area contributed by atoms with Crippen molar-refractivity contribution in [3.8, 4) is 0 Å². The van der Waals surface area contributed by atoms with Crippen molar-refractivity contribution in [2.75, 3.05) is 19.7 Å². The van der Waals surface area contributed by atoms with Crippen molar-refractivity contribution in [3.63, 3.8) is 0 Å². The number of nitrogens with zero attached hydrogens (tertiary/aromatic N) is 2. The first kappa shape index (κ1) is 21.9. The maximum absolute atomic E-state index is 5.57. The molecule has 25 heavy (non-hydrogen) atoms. The highest BCUT2D eigenvalue weighted by molar-refractivity contribution is 14.0. The minimum Gasteiger partial charge on any atom is -0.467 e. The lowest BCUT2D eigenvalue weighted by atomic mass is 10.4. The molecule has 2 heterocycles. The normalized spacial score (nSPS) is 11.2. The molecule has 0 saturated heterocycles. The van der Waals surface area contributed by atoms with Crippen LogP contribution in [0.4, 0.5) is 0 Å². The molecule has 2 rings (SSSR count). The average Bonchev–Trinajstić information content (AvgIpc) is 3.17. The minimum atomic E-state index is 0. The molecule has 0 spiro atoms. The summed E-state index contributed by atoms with van der Waals surface area (Å²) >= 11 is 1.71. The smallest absolute Gasteiger partial charge is 0.191 e. The summed E-state index contributed by atoms with van der Waals surface area (Å²) in [6.07, 6.45) is 2.57. The standard InChI is InChI=1S/C17H26N4O2S.HI/c1-4-18-17(20-11-16-13(2)21-14(3)24-16)19-8-6-9-22-12-15-7-5-10-23-15;/h5,7,10H,4,6,8-9,11-12H2,1-3H3,(H2,18,19,20);1H. The van der Waals surface area contributed by atoms with Crippen LogP contribution in [-0.2, 0) is 17.9 Å². The molecular weight excluding hydrogens is 451 g/mol. The number of furan rings is 1. The van der Waals surface area contributed by atoms with Gasteiger partial charge >= 0.3 is 0 Å². The van der Waals surface area contributed by atoms with Gasteiger partial charge in [0, 0.05) is 24.6 Å². The predicted octanol–water partition coefficient (Wildman–Crippen LogP) is 3.63. The van der Waals surface area contributed by atoms with Crippen LogP contribution in [0.1, 0.15) is 34.7 Å². The van der Waals surface area contributed by atoms with Crippen molar-refractivity contribution in [1.82, 2.24) is 15.6 Å². The van der Waals surface area contributed by atoms with E-state index in [0.717, 1.165) is 41.9 Å². The Bertz CT molecular complexity index is 629. The fraction of sp³-hybridized carbons (Fsp3) is 0.529. The SMILES string of the molecule is CCNC(=NCc1sc(C)nc1C)NCCCOCc1ccco1.I. The van der Waals surface area contributed by atoms with Crippen molar-refractivity contribution in [3.05, 3.63) is 39.7 Å². The van der Waals surface area contributed by atoms with E-state index in [0.29, 0.717) is 19.8 Å². The van der Waals surface area contributed by atoms with Crippen LogP contribution < -0.4 is 10.6 Å². The van der Waals surface area contributed by atoms with Crippen molar-refractivity contribution < 1.29 is 9.15 Å². The van der Waals surface area contributed by atoms with Gasteiger partial charge in [-0.2, -0.15) is 0 Å². The molecular formula is C17H27IN4O2S. The summed E-state index contributed by atoms with van der Waals surface area (Å²) in [5.41, 5.74) is 1.07. The Morgan fingerprint density at radius 3 is 2.84 bits per heavy atom. The largest absolute Gasteiger partial charge is 0.467 e. The van der Waals surface area contributed by atoms with Gasteiger partial charge in [0.1, 0.15) is 12.4 Å². The van der Waals surface area contributed by atoms with Gasteiger partial charge in [0.15, 0.2) is 5.96 Å². The number of aromatic nitrogens is 1. The van der Waals surface area contributed by atoms with Crippen LogP contribution in [0, 0.1) is 13.8 Å². The van der Waals surface area contributed by atoms with Crippen LogP contribution >= 0.6 is 35.3 Å². The summed E-state index contributed by atoms with van der Waals surface area (Å²) in [6.45, 7) is 9.62. The quantitative estimate of drug-likeness (QED) is 0.249. The number of nitrogens with one attached hydrogen (secondary N) is 2. The molecule has 0 fully saturated rings. The first-order chi connectivity index (χ1) is 11.7. The zero-order valence-electron chi connectivity index (χ0n) is 15.0. The molecule has 0 aliphatic rings. The minimum absolute atomic E-state index is 0. The number of halogens is 1. The van der Waals surface area contributed by atoms with Crippen LogP contribution in [0.3, 0.4) is 0 Å². The number of rotatable bonds is 9. The molecule has 0 unspecified atom stereocenters. The second-order valence-corrected chi connectivity index (χ2v) is 6.64. The van der Waals surface area contributed by atoms with Crippen LogP contribution in [0.5, 0.6) is 0 Å². The topological polar surface area (TPSA) is 71.7 Å². The van der Waals surface area contributed by atoms with Crippen LogP contribution in [0.15, 0.2) is 27.8 Å². The zero-order valence-corrected chi connectivity index (χ0v) is 18.1. The highest BCUT2D eigenvalue weighted by atomic mass is 127. The first-order valence-corrected chi connectivity index (χ1v) is 9.06. The lowest BCUT2D eigenvalue weighted by Gasteiger charge is -2.11. The molecule has 0 amide bonds. The van der Waals surface area contributed by atoms with E-state index in [2.05, 4.69) is 27.5 Å². The second-order valence-electron chi connectivity index (χ2n) is 5.35. The monoisotopic (exact) mass is 478 g/mol. The van der Waals surface area contributed by atoms with Gasteiger partial charge in [-0.15, -0.1) is 35.3 Å². The number of hydrogen-bond acceptors (Lipinski definition) is 5. The van der Waals surface area contributed by atoms with E-state index in [9.17, 15) is 0 Å². The third-order valence-corrected chi connectivity index (χ3v) is 4.36. The van der Waals surface area contributed by atoms with Crippen molar-refractivity contribution in [2.24, 2.45) is 4.99 Å². The van der Waals surface area contributed by atoms with E-state index in [1.165, 1.54) is 4.88 Å². The molecule has 0 radical (unpaired) electrons. The van der Waals surface area contributed by atoms with Gasteiger partial charge in [-0.1, -0.05) is 0 Å².